The van der Waals surface area contributed by atoms with Crippen LogP contribution < -0.4 is 11.1 Å². The van der Waals surface area contributed by atoms with Crippen molar-refractivity contribution in [3.05, 3.63) is 0 Å². The Bertz CT molecular complexity index is 291. The van der Waals surface area contributed by atoms with E-state index in [1.165, 1.54) is 19.3 Å². The van der Waals surface area contributed by atoms with Crippen molar-refractivity contribution in [2.45, 2.75) is 44.6 Å². The average molecular weight is 271 g/mol. The van der Waals surface area contributed by atoms with Crippen LogP contribution in [-0.2, 0) is 9.59 Å². The monoisotopic (exact) mass is 271 g/mol. The molecular weight excluding hydrogens is 246 g/mol. The molecule has 0 aliphatic carbocycles. The first-order valence-electron chi connectivity index (χ1n) is 7.07. The van der Waals surface area contributed by atoms with E-state index < -0.39 is 12.0 Å². The summed E-state index contributed by atoms with van der Waals surface area (Å²) in [6, 6.07) is -0.828. The van der Waals surface area contributed by atoms with Gasteiger partial charge in [-0.25, -0.2) is 0 Å². The number of amides is 1. The van der Waals surface area contributed by atoms with E-state index in [1.807, 2.05) is 0 Å². The second-order valence-corrected chi connectivity index (χ2v) is 5.09. The second-order valence-electron chi connectivity index (χ2n) is 5.09. The molecule has 0 aromatic carbocycles. The van der Waals surface area contributed by atoms with E-state index in [4.69, 9.17) is 10.8 Å². The van der Waals surface area contributed by atoms with Crippen molar-refractivity contribution in [2.75, 3.05) is 26.2 Å². The third-order valence-corrected chi connectivity index (χ3v) is 3.44. The van der Waals surface area contributed by atoms with Crippen molar-refractivity contribution in [3.8, 4) is 0 Å². The number of rotatable bonds is 8. The molecule has 19 heavy (non-hydrogen) atoms. The van der Waals surface area contributed by atoms with Gasteiger partial charge >= 0.3 is 5.97 Å². The van der Waals surface area contributed by atoms with Crippen molar-refractivity contribution in [1.82, 2.24) is 10.2 Å². The lowest BCUT2D eigenvalue weighted by Crippen LogP contribution is -2.35. The molecular formula is C13H25N3O3. The number of carboxylic acid groups (broad SMARTS) is 1. The summed E-state index contributed by atoms with van der Waals surface area (Å²) in [5.74, 6) is -0.953. The minimum atomic E-state index is -0.989. The molecule has 0 aromatic rings. The number of carbonyl (C=O) groups excluding carboxylic acids is 1. The molecule has 1 heterocycles. The highest BCUT2D eigenvalue weighted by atomic mass is 16.4. The zero-order valence-corrected chi connectivity index (χ0v) is 11.4. The van der Waals surface area contributed by atoms with E-state index >= 15 is 0 Å². The molecule has 1 amide bonds. The number of nitrogens with zero attached hydrogens (tertiary/aromatic N) is 1. The van der Waals surface area contributed by atoms with Gasteiger partial charge in [-0.05, 0) is 38.8 Å². The number of nitrogens with one attached hydrogen (secondary N) is 1. The molecule has 1 unspecified atom stereocenters. The quantitative estimate of drug-likeness (QED) is 0.547. The third-order valence-electron chi connectivity index (χ3n) is 3.44. The Morgan fingerprint density at radius 1 is 1.26 bits per heavy atom. The van der Waals surface area contributed by atoms with Crippen molar-refractivity contribution < 1.29 is 14.7 Å². The van der Waals surface area contributed by atoms with Crippen molar-refractivity contribution in [2.24, 2.45) is 5.73 Å². The minimum absolute atomic E-state index is 0.0365. The first kappa shape index (κ1) is 15.9. The van der Waals surface area contributed by atoms with E-state index in [9.17, 15) is 9.59 Å². The van der Waals surface area contributed by atoms with Crippen LogP contribution in [0.25, 0.3) is 0 Å². The summed E-state index contributed by atoms with van der Waals surface area (Å²) < 4.78 is 0. The zero-order valence-electron chi connectivity index (χ0n) is 11.4. The highest BCUT2D eigenvalue weighted by Gasteiger charge is 2.12. The Morgan fingerprint density at radius 3 is 2.58 bits per heavy atom. The molecule has 110 valence electrons. The van der Waals surface area contributed by atoms with Crippen molar-refractivity contribution in [3.63, 3.8) is 0 Å². The van der Waals surface area contributed by atoms with Gasteiger partial charge in [0.2, 0.25) is 5.91 Å². The molecule has 4 N–H and O–H groups in total. The molecule has 0 spiro atoms. The number of carboxylic acids is 1. The second kappa shape index (κ2) is 8.87. The topological polar surface area (TPSA) is 95.7 Å². The predicted molar refractivity (Wildman–Crippen MR) is 72.8 cm³/mol. The van der Waals surface area contributed by atoms with E-state index in [-0.39, 0.29) is 5.91 Å². The molecule has 1 aliphatic heterocycles. The number of likely N-dealkylation sites (tertiary alicyclic amines) is 1. The molecule has 1 saturated heterocycles. The number of nitrogens with two attached hydrogens (primary N) is 1. The summed E-state index contributed by atoms with van der Waals surface area (Å²) in [7, 11) is 0. The van der Waals surface area contributed by atoms with Crippen LogP contribution in [0.4, 0.5) is 0 Å². The van der Waals surface area contributed by atoms with Crippen LogP contribution in [0.3, 0.4) is 0 Å². The highest BCUT2D eigenvalue weighted by Crippen LogP contribution is 2.08. The van der Waals surface area contributed by atoms with Gasteiger partial charge in [-0.15, -0.1) is 0 Å². The van der Waals surface area contributed by atoms with E-state index in [0.717, 1.165) is 19.6 Å². The zero-order chi connectivity index (χ0) is 14.1. The standard InChI is InChI=1S/C13H25N3O3/c14-11(13(18)19)5-4-7-15-12(17)6-10-16-8-2-1-3-9-16/h11H,1-10,14H2,(H,15,17)(H,18,19). The SMILES string of the molecule is NC(CCCNC(=O)CCN1CCCCC1)C(=O)O. The van der Waals surface area contributed by atoms with Crippen LogP contribution in [0.2, 0.25) is 0 Å². The summed E-state index contributed by atoms with van der Waals surface area (Å²) in [5, 5.41) is 11.4. The molecule has 1 atom stereocenters. The lowest BCUT2D eigenvalue weighted by atomic mass is 10.1. The Hall–Kier alpha value is -1.14. The summed E-state index contributed by atoms with van der Waals surface area (Å²) in [6.45, 7) is 3.52. The summed E-state index contributed by atoms with van der Waals surface area (Å²) >= 11 is 0. The maximum absolute atomic E-state index is 11.6. The largest absolute Gasteiger partial charge is 0.480 e. The highest BCUT2D eigenvalue weighted by molar-refractivity contribution is 5.76. The number of piperidine rings is 1. The van der Waals surface area contributed by atoms with Gasteiger partial charge in [0.15, 0.2) is 0 Å². The molecule has 1 rings (SSSR count). The van der Waals surface area contributed by atoms with Gasteiger partial charge in [-0.2, -0.15) is 0 Å². The van der Waals surface area contributed by atoms with Gasteiger partial charge in [-0.1, -0.05) is 6.42 Å². The molecule has 0 aromatic heterocycles. The molecule has 1 aliphatic rings. The first-order chi connectivity index (χ1) is 9.09. The van der Waals surface area contributed by atoms with E-state index in [1.54, 1.807) is 0 Å². The number of hydrogen-bond donors (Lipinski definition) is 3. The number of aliphatic carboxylic acids is 1. The molecule has 6 heteroatoms. The maximum atomic E-state index is 11.6. The van der Waals surface area contributed by atoms with Crippen molar-refractivity contribution >= 4 is 11.9 Å². The number of carbonyl (C=O) groups is 2. The van der Waals surface area contributed by atoms with Crippen LogP contribution in [0.15, 0.2) is 0 Å². The van der Waals surface area contributed by atoms with E-state index in [2.05, 4.69) is 10.2 Å². The predicted octanol–water partition coefficient (Wildman–Crippen LogP) is 0.171. The Balaban J connectivity index is 2.00. The molecule has 1 fully saturated rings. The molecule has 0 bridgehead atoms. The smallest absolute Gasteiger partial charge is 0.320 e. The van der Waals surface area contributed by atoms with Gasteiger partial charge in [0, 0.05) is 19.5 Å². The van der Waals surface area contributed by atoms with Crippen molar-refractivity contribution in [1.29, 1.82) is 0 Å². The van der Waals surface area contributed by atoms with Gasteiger partial charge < -0.3 is 21.1 Å². The lowest BCUT2D eigenvalue weighted by molar-refractivity contribution is -0.138. The summed E-state index contributed by atoms with van der Waals surface area (Å²) in [4.78, 5) is 24.4. The fourth-order valence-electron chi connectivity index (χ4n) is 2.20. The average Bonchev–Trinajstić information content (AvgIpc) is 2.42. The van der Waals surface area contributed by atoms with Gasteiger partial charge in [0.05, 0.1) is 0 Å². The van der Waals surface area contributed by atoms with E-state index in [0.29, 0.717) is 25.8 Å². The lowest BCUT2D eigenvalue weighted by Gasteiger charge is -2.25. The van der Waals surface area contributed by atoms with Crippen LogP contribution in [-0.4, -0.2) is 54.1 Å². The first-order valence-corrected chi connectivity index (χ1v) is 7.07. The Labute approximate surface area is 114 Å². The van der Waals surface area contributed by atoms with Crippen LogP contribution in [0, 0.1) is 0 Å². The Morgan fingerprint density at radius 2 is 1.95 bits per heavy atom. The molecule has 6 nitrogen and oxygen atoms in total. The molecule has 0 radical (unpaired) electrons. The van der Waals surface area contributed by atoms with Gasteiger partial charge in [0.25, 0.3) is 0 Å². The van der Waals surface area contributed by atoms with Crippen LogP contribution in [0.1, 0.15) is 38.5 Å². The normalized spacial score (nSPS) is 17.9. The number of hydrogen-bond acceptors (Lipinski definition) is 4. The van der Waals surface area contributed by atoms with Gasteiger partial charge in [0.1, 0.15) is 6.04 Å². The Kier molecular flexibility index (Phi) is 7.43. The maximum Gasteiger partial charge on any atom is 0.320 e. The summed E-state index contributed by atoms with van der Waals surface area (Å²) in [6.07, 6.45) is 5.27. The summed E-state index contributed by atoms with van der Waals surface area (Å²) in [5.41, 5.74) is 5.37. The van der Waals surface area contributed by atoms with Crippen LogP contribution >= 0.6 is 0 Å². The molecule has 0 saturated carbocycles. The minimum Gasteiger partial charge on any atom is -0.480 e. The fraction of sp³-hybridized carbons (Fsp3) is 0.846. The van der Waals surface area contributed by atoms with Crippen LogP contribution in [0.5, 0.6) is 0 Å². The van der Waals surface area contributed by atoms with Gasteiger partial charge in [-0.3, -0.25) is 9.59 Å². The third kappa shape index (κ3) is 7.12. The fourth-order valence-corrected chi connectivity index (χ4v) is 2.20.